The van der Waals surface area contributed by atoms with Crippen LogP contribution in [0, 0.1) is 5.92 Å². The van der Waals surface area contributed by atoms with Gasteiger partial charge in [-0.1, -0.05) is 25.1 Å². The first-order valence-electron chi connectivity index (χ1n) is 7.77. The number of aryl methyl sites for hydroxylation is 1. The lowest BCUT2D eigenvalue weighted by Gasteiger charge is -2.12. The zero-order chi connectivity index (χ0) is 17.3. The van der Waals surface area contributed by atoms with Gasteiger partial charge in [0.25, 0.3) is 0 Å². The van der Waals surface area contributed by atoms with Gasteiger partial charge in [-0.2, -0.15) is 0 Å². The summed E-state index contributed by atoms with van der Waals surface area (Å²) in [7, 11) is 1.52. The summed E-state index contributed by atoms with van der Waals surface area (Å²) in [4.78, 5) is 23.6. The van der Waals surface area contributed by atoms with E-state index in [0.29, 0.717) is 40.5 Å². The molecule has 0 bridgehead atoms. The van der Waals surface area contributed by atoms with Crippen molar-refractivity contribution in [2.24, 2.45) is 5.92 Å². The van der Waals surface area contributed by atoms with Gasteiger partial charge in [0.1, 0.15) is 5.58 Å². The standard InChI is InChI=1S/C19H18O5/c1-11(19(21)22)7-8-12-9-10-14-16(20)13-5-3-4-6-15(13)24-18(14)17(12)23-2/h3-6,9-11H,7-8H2,1-2H3,(H,21,22). The molecule has 1 N–H and O–H groups in total. The van der Waals surface area contributed by atoms with E-state index in [0.717, 1.165) is 5.56 Å². The molecule has 0 aliphatic carbocycles. The third kappa shape index (κ3) is 2.73. The van der Waals surface area contributed by atoms with E-state index in [1.807, 2.05) is 6.07 Å². The third-order valence-corrected chi connectivity index (χ3v) is 4.25. The van der Waals surface area contributed by atoms with Crippen LogP contribution in [0.15, 0.2) is 45.6 Å². The van der Waals surface area contributed by atoms with Crippen LogP contribution >= 0.6 is 0 Å². The zero-order valence-corrected chi connectivity index (χ0v) is 13.5. The Kier molecular flexibility index (Phi) is 4.25. The van der Waals surface area contributed by atoms with Crippen LogP contribution in [-0.4, -0.2) is 18.2 Å². The smallest absolute Gasteiger partial charge is 0.306 e. The Labute approximate surface area is 138 Å². The molecule has 1 unspecified atom stereocenters. The number of hydrogen-bond donors (Lipinski definition) is 1. The molecule has 0 fully saturated rings. The lowest BCUT2D eigenvalue weighted by molar-refractivity contribution is -0.141. The van der Waals surface area contributed by atoms with Crippen molar-refractivity contribution >= 4 is 27.9 Å². The molecule has 1 atom stereocenters. The summed E-state index contributed by atoms with van der Waals surface area (Å²) in [6.07, 6.45) is 1.01. The first-order chi connectivity index (χ1) is 11.5. The largest absolute Gasteiger partial charge is 0.493 e. The number of carboxylic acids is 1. The van der Waals surface area contributed by atoms with E-state index in [1.165, 1.54) is 7.11 Å². The summed E-state index contributed by atoms with van der Waals surface area (Å²) in [6, 6.07) is 10.6. The Morgan fingerprint density at radius 2 is 1.96 bits per heavy atom. The molecule has 5 nitrogen and oxygen atoms in total. The van der Waals surface area contributed by atoms with E-state index in [2.05, 4.69) is 0 Å². The van der Waals surface area contributed by atoms with Crippen LogP contribution in [0.2, 0.25) is 0 Å². The van der Waals surface area contributed by atoms with Crippen molar-refractivity contribution in [3.63, 3.8) is 0 Å². The van der Waals surface area contributed by atoms with E-state index < -0.39 is 11.9 Å². The van der Waals surface area contributed by atoms with Crippen LogP contribution in [0.5, 0.6) is 5.75 Å². The predicted molar refractivity (Wildman–Crippen MR) is 91.7 cm³/mol. The fraction of sp³-hybridized carbons (Fsp3) is 0.263. The van der Waals surface area contributed by atoms with Gasteiger partial charge in [0.15, 0.2) is 11.3 Å². The van der Waals surface area contributed by atoms with Crippen LogP contribution in [-0.2, 0) is 11.2 Å². The van der Waals surface area contributed by atoms with Crippen molar-refractivity contribution in [3.05, 3.63) is 52.2 Å². The molecule has 2 aromatic carbocycles. The highest BCUT2D eigenvalue weighted by molar-refractivity contribution is 5.93. The molecule has 3 rings (SSSR count). The lowest BCUT2D eigenvalue weighted by atomic mass is 9.99. The third-order valence-electron chi connectivity index (χ3n) is 4.25. The highest BCUT2D eigenvalue weighted by Gasteiger charge is 2.17. The van der Waals surface area contributed by atoms with Crippen molar-refractivity contribution in [2.75, 3.05) is 7.11 Å². The number of benzene rings is 2. The number of methoxy groups -OCH3 is 1. The topological polar surface area (TPSA) is 76.7 Å². The van der Waals surface area contributed by atoms with E-state index in [9.17, 15) is 9.59 Å². The maximum absolute atomic E-state index is 12.6. The second-order valence-electron chi connectivity index (χ2n) is 5.84. The van der Waals surface area contributed by atoms with E-state index in [-0.39, 0.29) is 5.43 Å². The van der Waals surface area contributed by atoms with E-state index >= 15 is 0 Å². The first kappa shape index (κ1) is 16.1. The molecule has 1 aromatic heterocycles. The van der Waals surface area contributed by atoms with Gasteiger partial charge >= 0.3 is 5.97 Å². The maximum atomic E-state index is 12.6. The summed E-state index contributed by atoms with van der Waals surface area (Å²) in [5.74, 6) is -0.783. The minimum absolute atomic E-state index is 0.101. The second kappa shape index (κ2) is 6.35. The monoisotopic (exact) mass is 326 g/mol. The Morgan fingerprint density at radius 3 is 2.67 bits per heavy atom. The van der Waals surface area contributed by atoms with Gasteiger partial charge < -0.3 is 14.3 Å². The molecule has 0 spiro atoms. The molecule has 24 heavy (non-hydrogen) atoms. The van der Waals surface area contributed by atoms with Crippen LogP contribution in [0.25, 0.3) is 21.9 Å². The molecular formula is C19H18O5. The number of ether oxygens (including phenoxy) is 1. The van der Waals surface area contributed by atoms with Crippen LogP contribution < -0.4 is 10.2 Å². The Bertz CT molecular complexity index is 971. The second-order valence-corrected chi connectivity index (χ2v) is 5.84. The highest BCUT2D eigenvalue weighted by atomic mass is 16.5. The summed E-state index contributed by atoms with van der Waals surface area (Å²) < 4.78 is 11.4. The number of fused-ring (bicyclic) bond motifs is 2. The molecule has 0 aliphatic rings. The SMILES string of the molecule is COc1c(CCC(C)C(=O)O)ccc2c(=O)c3ccccc3oc12. The molecule has 124 valence electrons. The van der Waals surface area contributed by atoms with Gasteiger partial charge in [0.2, 0.25) is 5.43 Å². The number of para-hydroxylation sites is 1. The first-order valence-corrected chi connectivity index (χ1v) is 7.77. The number of hydrogen-bond acceptors (Lipinski definition) is 4. The molecule has 5 heteroatoms. The number of carboxylic acid groups (broad SMARTS) is 1. The molecule has 0 aliphatic heterocycles. The average molecular weight is 326 g/mol. The number of aliphatic carboxylic acids is 1. The van der Waals surface area contributed by atoms with Crippen molar-refractivity contribution in [1.29, 1.82) is 0 Å². The summed E-state index contributed by atoms with van der Waals surface area (Å²) in [5, 5.41) is 10.0. The Hall–Kier alpha value is -2.82. The van der Waals surface area contributed by atoms with Gasteiger partial charge in [-0.25, -0.2) is 0 Å². The summed E-state index contributed by atoms with van der Waals surface area (Å²) in [6.45, 7) is 1.67. The lowest BCUT2D eigenvalue weighted by Crippen LogP contribution is -2.11. The fourth-order valence-electron chi connectivity index (χ4n) is 2.80. The van der Waals surface area contributed by atoms with Crippen molar-refractivity contribution in [3.8, 4) is 5.75 Å². The summed E-state index contributed by atoms with van der Waals surface area (Å²) in [5.41, 5.74) is 1.64. The van der Waals surface area contributed by atoms with Gasteiger partial charge in [-0.15, -0.1) is 0 Å². The maximum Gasteiger partial charge on any atom is 0.306 e. The minimum Gasteiger partial charge on any atom is -0.493 e. The fourth-order valence-corrected chi connectivity index (χ4v) is 2.80. The molecule has 0 amide bonds. The van der Waals surface area contributed by atoms with Gasteiger partial charge in [-0.3, -0.25) is 9.59 Å². The van der Waals surface area contributed by atoms with Gasteiger partial charge in [-0.05, 0) is 36.6 Å². The molecule has 1 heterocycles. The quantitative estimate of drug-likeness (QED) is 0.725. The molecule has 3 aromatic rings. The van der Waals surface area contributed by atoms with Crippen molar-refractivity contribution in [1.82, 2.24) is 0 Å². The van der Waals surface area contributed by atoms with Crippen LogP contribution in [0.3, 0.4) is 0 Å². The van der Waals surface area contributed by atoms with Crippen LogP contribution in [0.1, 0.15) is 18.9 Å². The minimum atomic E-state index is -0.827. The zero-order valence-electron chi connectivity index (χ0n) is 13.5. The molecule has 0 saturated carbocycles. The van der Waals surface area contributed by atoms with Crippen LogP contribution in [0.4, 0.5) is 0 Å². The van der Waals surface area contributed by atoms with E-state index in [1.54, 1.807) is 37.3 Å². The average Bonchev–Trinajstić information content (AvgIpc) is 2.59. The molecular weight excluding hydrogens is 308 g/mol. The van der Waals surface area contributed by atoms with Gasteiger partial charge in [0.05, 0.1) is 23.8 Å². The van der Waals surface area contributed by atoms with Crippen molar-refractivity contribution < 1.29 is 19.1 Å². The molecule has 0 radical (unpaired) electrons. The van der Waals surface area contributed by atoms with E-state index in [4.69, 9.17) is 14.3 Å². The summed E-state index contributed by atoms with van der Waals surface area (Å²) >= 11 is 0. The normalized spacial score (nSPS) is 12.4. The van der Waals surface area contributed by atoms with Gasteiger partial charge in [0, 0.05) is 0 Å². The predicted octanol–water partition coefficient (Wildman–Crippen LogP) is 3.61. The highest BCUT2D eigenvalue weighted by Crippen LogP contribution is 2.31. The Morgan fingerprint density at radius 1 is 1.21 bits per heavy atom. The molecule has 0 saturated heterocycles. The number of rotatable bonds is 5. The number of carbonyl (C=O) groups is 1. The van der Waals surface area contributed by atoms with Crippen molar-refractivity contribution in [2.45, 2.75) is 19.8 Å². The Balaban J connectivity index is 2.14.